The highest BCUT2D eigenvalue weighted by Crippen LogP contribution is 2.19. The van der Waals surface area contributed by atoms with Crippen molar-refractivity contribution >= 4 is 11.8 Å². The third-order valence-electron chi connectivity index (χ3n) is 4.29. The van der Waals surface area contributed by atoms with Gasteiger partial charge in [-0.2, -0.15) is 0 Å². The molecule has 1 saturated heterocycles. The molecule has 23 heavy (non-hydrogen) atoms. The number of rotatable bonds is 8. The van der Waals surface area contributed by atoms with Gasteiger partial charge in [0.2, 0.25) is 11.8 Å². The molecule has 1 aliphatic rings. The summed E-state index contributed by atoms with van der Waals surface area (Å²) < 4.78 is 0. The average Bonchev–Trinajstić information content (AvgIpc) is 2.93. The summed E-state index contributed by atoms with van der Waals surface area (Å²) in [4.78, 5) is 32.5. The fourth-order valence-corrected chi connectivity index (χ4v) is 2.81. The smallest absolute Gasteiger partial charge is 0.225 e. The van der Waals surface area contributed by atoms with E-state index in [4.69, 9.17) is 0 Å². The molecule has 1 fully saturated rings. The molecule has 0 bridgehead atoms. The molecule has 0 spiro atoms. The zero-order chi connectivity index (χ0) is 16.7. The van der Waals surface area contributed by atoms with Crippen LogP contribution in [-0.4, -0.2) is 59.3 Å². The highest BCUT2D eigenvalue weighted by Gasteiger charge is 2.34. The van der Waals surface area contributed by atoms with Crippen LogP contribution in [0.3, 0.4) is 0 Å². The Morgan fingerprint density at radius 3 is 2.83 bits per heavy atom. The Balaban J connectivity index is 1.78. The molecule has 2 heterocycles. The van der Waals surface area contributed by atoms with Crippen LogP contribution in [0, 0.1) is 5.92 Å². The van der Waals surface area contributed by atoms with Crippen molar-refractivity contribution in [3.8, 4) is 0 Å². The SMILES string of the molecule is CCN(CC)CCNC(=O)C1CC(=O)N(Cc2ccccn2)C1. The molecule has 1 atom stereocenters. The van der Waals surface area contributed by atoms with Crippen LogP contribution in [0.1, 0.15) is 26.0 Å². The number of nitrogens with one attached hydrogen (secondary N) is 1. The van der Waals surface area contributed by atoms with Gasteiger partial charge in [0, 0.05) is 32.3 Å². The number of pyridine rings is 1. The Labute approximate surface area is 137 Å². The first-order chi connectivity index (χ1) is 11.1. The van der Waals surface area contributed by atoms with Gasteiger partial charge in [-0.25, -0.2) is 0 Å². The van der Waals surface area contributed by atoms with E-state index in [9.17, 15) is 9.59 Å². The van der Waals surface area contributed by atoms with Crippen molar-refractivity contribution in [3.05, 3.63) is 30.1 Å². The van der Waals surface area contributed by atoms with E-state index in [1.165, 1.54) is 0 Å². The van der Waals surface area contributed by atoms with Crippen LogP contribution >= 0.6 is 0 Å². The largest absolute Gasteiger partial charge is 0.355 e. The second kappa shape index (κ2) is 8.62. The summed E-state index contributed by atoms with van der Waals surface area (Å²) in [6.45, 7) is 8.60. The molecule has 6 nitrogen and oxygen atoms in total. The minimum absolute atomic E-state index is 0.0194. The van der Waals surface area contributed by atoms with Gasteiger partial charge >= 0.3 is 0 Å². The van der Waals surface area contributed by atoms with E-state index in [2.05, 4.69) is 29.0 Å². The van der Waals surface area contributed by atoms with E-state index in [-0.39, 0.29) is 17.7 Å². The quantitative estimate of drug-likeness (QED) is 0.773. The first kappa shape index (κ1) is 17.4. The molecule has 1 unspecified atom stereocenters. The van der Waals surface area contributed by atoms with Crippen LogP contribution in [0.25, 0.3) is 0 Å². The molecule has 0 saturated carbocycles. The van der Waals surface area contributed by atoms with Gasteiger partial charge in [0.1, 0.15) is 0 Å². The molecule has 0 radical (unpaired) electrons. The lowest BCUT2D eigenvalue weighted by Crippen LogP contribution is -2.38. The van der Waals surface area contributed by atoms with Crippen molar-refractivity contribution in [2.24, 2.45) is 5.92 Å². The number of hydrogen-bond donors (Lipinski definition) is 1. The molecular weight excluding hydrogens is 292 g/mol. The van der Waals surface area contributed by atoms with E-state index in [1.807, 2.05) is 18.2 Å². The summed E-state index contributed by atoms with van der Waals surface area (Å²) in [7, 11) is 0. The lowest BCUT2D eigenvalue weighted by atomic mass is 10.1. The van der Waals surface area contributed by atoms with Gasteiger partial charge < -0.3 is 15.1 Å². The lowest BCUT2D eigenvalue weighted by molar-refractivity contribution is -0.129. The van der Waals surface area contributed by atoms with Crippen LogP contribution in [0.4, 0.5) is 0 Å². The Kier molecular flexibility index (Phi) is 6.52. The Hall–Kier alpha value is -1.95. The van der Waals surface area contributed by atoms with E-state index in [0.29, 0.717) is 26.1 Å². The highest BCUT2D eigenvalue weighted by molar-refractivity contribution is 5.89. The molecule has 1 aromatic heterocycles. The number of carbonyl (C=O) groups is 2. The number of nitrogens with zero attached hydrogens (tertiary/aromatic N) is 3. The van der Waals surface area contributed by atoms with Crippen molar-refractivity contribution in [2.45, 2.75) is 26.8 Å². The number of amides is 2. The maximum Gasteiger partial charge on any atom is 0.225 e. The summed E-state index contributed by atoms with van der Waals surface area (Å²) in [5.74, 6) is -0.239. The van der Waals surface area contributed by atoms with Gasteiger partial charge in [-0.3, -0.25) is 14.6 Å². The molecule has 126 valence electrons. The van der Waals surface area contributed by atoms with E-state index in [0.717, 1.165) is 25.3 Å². The minimum atomic E-state index is -0.247. The molecule has 1 N–H and O–H groups in total. The molecule has 0 aliphatic carbocycles. The fourth-order valence-electron chi connectivity index (χ4n) is 2.81. The first-order valence-electron chi connectivity index (χ1n) is 8.31. The van der Waals surface area contributed by atoms with Crippen molar-refractivity contribution in [1.29, 1.82) is 0 Å². The van der Waals surface area contributed by atoms with Gasteiger partial charge in [0.15, 0.2) is 0 Å². The highest BCUT2D eigenvalue weighted by atomic mass is 16.2. The van der Waals surface area contributed by atoms with E-state index in [1.54, 1.807) is 11.1 Å². The number of aromatic nitrogens is 1. The van der Waals surface area contributed by atoms with Crippen LogP contribution in [0.2, 0.25) is 0 Å². The van der Waals surface area contributed by atoms with E-state index >= 15 is 0 Å². The topological polar surface area (TPSA) is 65.5 Å². The minimum Gasteiger partial charge on any atom is -0.355 e. The van der Waals surface area contributed by atoms with Crippen LogP contribution in [-0.2, 0) is 16.1 Å². The number of likely N-dealkylation sites (tertiary alicyclic amines) is 1. The number of likely N-dealkylation sites (N-methyl/N-ethyl adjacent to an activating group) is 1. The maximum absolute atomic E-state index is 12.2. The number of hydrogen-bond acceptors (Lipinski definition) is 4. The molecule has 1 aromatic rings. The second-order valence-electron chi connectivity index (χ2n) is 5.81. The zero-order valence-corrected chi connectivity index (χ0v) is 14.0. The summed E-state index contributed by atoms with van der Waals surface area (Å²) in [5.41, 5.74) is 0.850. The Bertz CT molecular complexity index is 517. The summed E-state index contributed by atoms with van der Waals surface area (Å²) >= 11 is 0. The standard InChI is InChI=1S/C17H26N4O2/c1-3-20(4-2)10-9-19-17(23)14-11-16(22)21(12-14)13-15-7-5-6-8-18-15/h5-8,14H,3-4,9-13H2,1-2H3,(H,19,23). The van der Waals surface area contributed by atoms with Crippen LogP contribution in [0.15, 0.2) is 24.4 Å². The number of carbonyl (C=O) groups excluding carboxylic acids is 2. The van der Waals surface area contributed by atoms with Gasteiger partial charge in [-0.15, -0.1) is 0 Å². The molecule has 6 heteroatoms. The molecule has 0 aromatic carbocycles. The Morgan fingerprint density at radius 1 is 1.39 bits per heavy atom. The van der Waals surface area contributed by atoms with Gasteiger partial charge in [-0.05, 0) is 25.2 Å². The molecule has 1 aliphatic heterocycles. The molecule has 2 rings (SSSR count). The normalized spacial score (nSPS) is 17.8. The van der Waals surface area contributed by atoms with Crippen molar-refractivity contribution in [1.82, 2.24) is 20.1 Å². The third kappa shape index (κ3) is 5.03. The van der Waals surface area contributed by atoms with Gasteiger partial charge in [0.25, 0.3) is 0 Å². The molecular formula is C17H26N4O2. The summed E-state index contributed by atoms with van der Waals surface area (Å²) in [6, 6.07) is 5.65. The van der Waals surface area contributed by atoms with Gasteiger partial charge in [0.05, 0.1) is 18.2 Å². The lowest BCUT2D eigenvalue weighted by Gasteiger charge is -2.19. The predicted molar refractivity (Wildman–Crippen MR) is 88.6 cm³/mol. The third-order valence-corrected chi connectivity index (χ3v) is 4.29. The average molecular weight is 318 g/mol. The van der Waals surface area contributed by atoms with Crippen molar-refractivity contribution < 1.29 is 9.59 Å². The predicted octanol–water partition coefficient (Wildman–Crippen LogP) is 0.888. The fraction of sp³-hybridized carbons (Fsp3) is 0.588. The second-order valence-corrected chi connectivity index (χ2v) is 5.81. The first-order valence-corrected chi connectivity index (χ1v) is 8.31. The van der Waals surface area contributed by atoms with Crippen molar-refractivity contribution in [3.63, 3.8) is 0 Å². The maximum atomic E-state index is 12.2. The van der Waals surface area contributed by atoms with Crippen molar-refractivity contribution in [2.75, 3.05) is 32.7 Å². The Morgan fingerprint density at radius 2 is 2.17 bits per heavy atom. The van der Waals surface area contributed by atoms with Gasteiger partial charge in [-0.1, -0.05) is 19.9 Å². The van der Waals surface area contributed by atoms with Crippen LogP contribution in [0.5, 0.6) is 0 Å². The summed E-state index contributed by atoms with van der Waals surface area (Å²) in [5, 5.41) is 2.95. The van der Waals surface area contributed by atoms with E-state index < -0.39 is 0 Å². The molecule has 2 amide bonds. The van der Waals surface area contributed by atoms with Crippen LogP contribution < -0.4 is 5.32 Å². The monoisotopic (exact) mass is 318 g/mol. The summed E-state index contributed by atoms with van der Waals surface area (Å²) in [6.07, 6.45) is 2.01. The zero-order valence-electron chi connectivity index (χ0n) is 14.0.